The van der Waals surface area contributed by atoms with Crippen LogP contribution in [0.4, 0.5) is 0 Å². The van der Waals surface area contributed by atoms with Crippen molar-refractivity contribution < 1.29 is 0 Å². The molecule has 1 saturated carbocycles. The fraction of sp³-hybridized carbons (Fsp3) is 0.857. The monoisotopic (exact) mass is 239 g/mol. The Bertz CT molecular complexity index is 222. The van der Waals surface area contributed by atoms with E-state index in [4.69, 9.17) is 5.73 Å². The second-order valence-electron chi connectivity index (χ2n) is 4.96. The van der Waals surface area contributed by atoms with Crippen LogP contribution in [0.1, 0.15) is 52.4 Å². The quantitative estimate of drug-likeness (QED) is 0.704. The van der Waals surface area contributed by atoms with Gasteiger partial charge < -0.3 is 16.4 Å². The predicted molar refractivity (Wildman–Crippen MR) is 74.9 cm³/mol. The van der Waals surface area contributed by atoms with E-state index in [0.29, 0.717) is 12.1 Å². The molecule has 3 heteroatoms. The van der Waals surface area contributed by atoms with Gasteiger partial charge in [0.15, 0.2) is 0 Å². The fourth-order valence-corrected chi connectivity index (χ4v) is 2.71. The average molecular weight is 239 g/mol. The predicted octanol–water partition coefficient (Wildman–Crippen LogP) is 2.14. The summed E-state index contributed by atoms with van der Waals surface area (Å²) in [5.41, 5.74) is 6.49. The molecule has 2 atom stereocenters. The van der Waals surface area contributed by atoms with Crippen molar-refractivity contribution in [2.45, 2.75) is 70.5 Å². The molecule has 0 spiro atoms. The van der Waals surface area contributed by atoms with Gasteiger partial charge in [-0.2, -0.15) is 0 Å². The molecule has 3 nitrogen and oxygen atoms in total. The standard InChI is InChI=1S/C12H23N3.C2H6/c1-9(13)12-7-6-11(15-12)8-14-10-4-2-3-5-10;1-2/h10-12,14-15H,1-8,13H2;1-2H3. The minimum atomic E-state index is 0.348. The first-order chi connectivity index (χ1) is 8.25. The Labute approximate surface area is 106 Å². The van der Waals surface area contributed by atoms with E-state index in [2.05, 4.69) is 17.2 Å². The zero-order valence-electron chi connectivity index (χ0n) is 11.5. The first-order valence-electron chi connectivity index (χ1n) is 7.19. The highest BCUT2D eigenvalue weighted by Gasteiger charge is 2.25. The lowest BCUT2D eigenvalue weighted by molar-refractivity contribution is 0.458. The molecule has 1 heterocycles. The summed E-state index contributed by atoms with van der Waals surface area (Å²) in [5, 5.41) is 7.18. The van der Waals surface area contributed by atoms with Crippen LogP contribution in [0.25, 0.3) is 0 Å². The molecule has 0 radical (unpaired) electrons. The van der Waals surface area contributed by atoms with Gasteiger partial charge in [-0.15, -0.1) is 0 Å². The lowest BCUT2D eigenvalue weighted by Gasteiger charge is -2.18. The Morgan fingerprint density at radius 3 is 2.41 bits per heavy atom. The SMILES string of the molecule is C=C(N)C1CCC(CNC2CCCC2)N1.CC. The molecule has 2 unspecified atom stereocenters. The van der Waals surface area contributed by atoms with Gasteiger partial charge >= 0.3 is 0 Å². The van der Waals surface area contributed by atoms with Crippen LogP contribution in [0.5, 0.6) is 0 Å². The molecule has 100 valence electrons. The third-order valence-corrected chi connectivity index (χ3v) is 3.70. The third kappa shape index (κ3) is 4.68. The Kier molecular flexibility index (Phi) is 6.60. The van der Waals surface area contributed by atoms with Crippen LogP contribution in [0.3, 0.4) is 0 Å². The number of hydrogen-bond donors (Lipinski definition) is 3. The van der Waals surface area contributed by atoms with Crippen LogP contribution in [0.2, 0.25) is 0 Å². The van der Waals surface area contributed by atoms with Gasteiger partial charge in [0, 0.05) is 30.4 Å². The summed E-state index contributed by atoms with van der Waals surface area (Å²) in [6.45, 7) is 8.90. The van der Waals surface area contributed by atoms with Gasteiger partial charge in [-0.25, -0.2) is 0 Å². The molecule has 0 bridgehead atoms. The Morgan fingerprint density at radius 1 is 1.24 bits per heavy atom. The van der Waals surface area contributed by atoms with Gasteiger partial charge in [0.2, 0.25) is 0 Å². The zero-order chi connectivity index (χ0) is 12.7. The topological polar surface area (TPSA) is 50.1 Å². The second kappa shape index (κ2) is 7.72. The highest BCUT2D eigenvalue weighted by molar-refractivity contribution is 5.05. The summed E-state index contributed by atoms with van der Waals surface area (Å²) in [7, 11) is 0. The van der Waals surface area contributed by atoms with Crippen molar-refractivity contribution in [2.75, 3.05) is 6.54 Å². The summed E-state index contributed by atoms with van der Waals surface area (Å²) >= 11 is 0. The maximum Gasteiger partial charge on any atom is 0.0464 e. The molecule has 1 aliphatic heterocycles. The summed E-state index contributed by atoms with van der Waals surface area (Å²) in [5.74, 6) is 0. The van der Waals surface area contributed by atoms with E-state index in [-0.39, 0.29) is 0 Å². The summed E-state index contributed by atoms with van der Waals surface area (Å²) in [4.78, 5) is 0. The number of nitrogens with one attached hydrogen (secondary N) is 2. The molecule has 0 aromatic rings. The van der Waals surface area contributed by atoms with E-state index >= 15 is 0 Å². The minimum absolute atomic E-state index is 0.348. The normalized spacial score (nSPS) is 28.8. The molecular formula is C14H29N3. The second-order valence-corrected chi connectivity index (χ2v) is 4.96. The first-order valence-corrected chi connectivity index (χ1v) is 7.19. The fourth-order valence-electron chi connectivity index (χ4n) is 2.71. The van der Waals surface area contributed by atoms with Crippen LogP contribution in [0.15, 0.2) is 12.3 Å². The smallest absolute Gasteiger partial charge is 0.0464 e. The van der Waals surface area contributed by atoms with Gasteiger partial charge in [0.1, 0.15) is 0 Å². The highest BCUT2D eigenvalue weighted by Crippen LogP contribution is 2.19. The molecule has 4 N–H and O–H groups in total. The molecule has 0 aromatic carbocycles. The third-order valence-electron chi connectivity index (χ3n) is 3.70. The van der Waals surface area contributed by atoms with Gasteiger partial charge in [-0.05, 0) is 25.7 Å². The van der Waals surface area contributed by atoms with Crippen molar-refractivity contribution in [3.05, 3.63) is 12.3 Å². The first kappa shape index (κ1) is 14.5. The molecule has 0 aromatic heterocycles. The molecule has 17 heavy (non-hydrogen) atoms. The van der Waals surface area contributed by atoms with Crippen molar-refractivity contribution in [1.29, 1.82) is 0 Å². The van der Waals surface area contributed by atoms with E-state index in [1.807, 2.05) is 13.8 Å². The van der Waals surface area contributed by atoms with Crippen LogP contribution in [-0.4, -0.2) is 24.7 Å². The van der Waals surface area contributed by atoms with Gasteiger partial charge in [0.05, 0.1) is 0 Å². The number of hydrogen-bond acceptors (Lipinski definition) is 3. The number of nitrogens with two attached hydrogens (primary N) is 1. The Balaban J connectivity index is 0.000000686. The van der Waals surface area contributed by atoms with Crippen molar-refractivity contribution >= 4 is 0 Å². The van der Waals surface area contributed by atoms with E-state index in [1.54, 1.807) is 0 Å². The van der Waals surface area contributed by atoms with Crippen molar-refractivity contribution in [1.82, 2.24) is 10.6 Å². The summed E-state index contributed by atoms with van der Waals surface area (Å²) in [6.07, 6.45) is 7.89. The van der Waals surface area contributed by atoms with Gasteiger partial charge in [-0.3, -0.25) is 0 Å². The maximum atomic E-state index is 5.70. The highest BCUT2D eigenvalue weighted by atomic mass is 15.1. The molecule has 1 saturated heterocycles. The Hall–Kier alpha value is -0.540. The van der Waals surface area contributed by atoms with Crippen molar-refractivity contribution in [3.63, 3.8) is 0 Å². The lowest BCUT2D eigenvalue weighted by Crippen LogP contribution is -2.41. The average Bonchev–Trinajstić information content (AvgIpc) is 3.00. The van der Waals surface area contributed by atoms with Gasteiger partial charge in [0.25, 0.3) is 0 Å². The molecule has 2 fully saturated rings. The van der Waals surface area contributed by atoms with E-state index in [9.17, 15) is 0 Å². The molecule has 0 amide bonds. The van der Waals surface area contributed by atoms with Gasteiger partial charge in [-0.1, -0.05) is 33.3 Å². The number of rotatable bonds is 4. The van der Waals surface area contributed by atoms with Crippen LogP contribution < -0.4 is 16.4 Å². The minimum Gasteiger partial charge on any atom is -0.401 e. The van der Waals surface area contributed by atoms with Crippen LogP contribution >= 0.6 is 0 Å². The van der Waals surface area contributed by atoms with Crippen molar-refractivity contribution in [2.24, 2.45) is 5.73 Å². The summed E-state index contributed by atoms with van der Waals surface area (Å²) in [6, 6.07) is 1.71. The molecule has 2 aliphatic rings. The van der Waals surface area contributed by atoms with E-state index in [1.165, 1.54) is 32.1 Å². The summed E-state index contributed by atoms with van der Waals surface area (Å²) < 4.78 is 0. The molecule has 1 aliphatic carbocycles. The Morgan fingerprint density at radius 2 is 1.88 bits per heavy atom. The van der Waals surface area contributed by atoms with Crippen molar-refractivity contribution in [3.8, 4) is 0 Å². The lowest BCUT2D eigenvalue weighted by atomic mass is 10.1. The molecular weight excluding hydrogens is 210 g/mol. The maximum absolute atomic E-state index is 5.70. The van der Waals surface area contributed by atoms with Crippen LogP contribution in [-0.2, 0) is 0 Å². The molecule has 2 rings (SSSR count). The van der Waals surface area contributed by atoms with Crippen LogP contribution in [0, 0.1) is 0 Å². The van der Waals surface area contributed by atoms with E-state index in [0.717, 1.165) is 24.7 Å². The van der Waals surface area contributed by atoms with E-state index < -0.39 is 0 Å². The largest absolute Gasteiger partial charge is 0.401 e. The zero-order valence-corrected chi connectivity index (χ0v) is 11.5.